The standard InChI is InChI=1S/C18H16O8/c19-5-7-6-25-18-10(21)2-1-9(13(7)18)17-16(24)15(23)14-11(22)3-8(20)4-12(14)26-17/h1-4,7,16-17,19-22,24H,5-6H2. The molecule has 0 saturated carbocycles. The van der Waals surface area contributed by atoms with Crippen molar-refractivity contribution in [2.45, 2.75) is 18.1 Å². The van der Waals surface area contributed by atoms with Crippen LogP contribution in [0.2, 0.25) is 0 Å². The smallest absolute Gasteiger partial charge is 0.202 e. The van der Waals surface area contributed by atoms with Gasteiger partial charge in [0.05, 0.1) is 13.2 Å². The summed E-state index contributed by atoms with van der Waals surface area (Å²) in [5, 5.41) is 49.6. The highest BCUT2D eigenvalue weighted by molar-refractivity contribution is 6.05. The Labute approximate surface area is 147 Å². The number of Topliss-reactive ketones (excluding diaryl/α,β-unsaturated/α-hetero) is 1. The minimum absolute atomic E-state index is 0.0657. The molecule has 26 heavy (non-hydrogen) atoms. The average molecular weight is 360 g/mol. The minimum Gasteiger partial charge on any atom is -0.508 e. The molecule has 0 bridgehead atoms. The van der Waals surface area contributed by atoms with E-state index in [4.69, 9.17) is 9.47 Å². The first-order chi connectivity index (χ1) is 12.4. The molecule has 2 heterocycles. The van der Waals surface area contributed by atoms with Crippen LogP contribution in [0, 0.1) is 0 Å². The summed E-state index contributed by atoms with van der Waals surface area (Å²) < 4.78 is 11.1. The van der Waals surface area contributed by atoms with Crippen molar-refractivity contribution in [2.24, 2.45) is 0 Å². The van der Waals surface area contributed by atoms with Gasteiger partial charge in [0.1, 0.15) is 22.8 Å². The normalized spacial score (nSPS) is 23.8. The van der Waals surface area contributed by atoms with E-state index in [0.29, 0.717) is 11.1 Å². The van der Waals surface area contributed by atoms with Gasteiger partial charge in [-0.2, -0.15) is 0 Å². The second kappa shape index (κ2) is 5.79. The number of hydrogen-bond acceptors (Lipinski definition) is 8. The van der Waals surface area contributed by atoms with Gasteiger partial charge in [-0.3, -0.25) is 4.79 Å². The van der Waals surface area contributed by atoms with Gasteiger partial charge >= 0.3 is 0 Å². The molecule has 0 saturated heterocycles. The van der Waals surface area contributed by atoms with Crippen molar-refractivity contribution >= 4 is 5.78 Å². The first-order valence-electron chi connectivity index (χ1n) is 7.96. The summed E-state index contributed by atoms with van der Waals surface area (Å²) in [6.07, 6.45) is -2.77. The maximum atomic E-state index is 12.5. The lowest BCUT2D eigenvalue weighted by atomic mass is 9.87. The van der Waals surface area contributed by atoms with Crippen molar-refractivity contribution in [3.05, 3.63) is 41.0 Å². The van der Waals surface area contributed by atoms with Crippen molar-refractivity contribution < 1.29 is 39.8 Å². The maximum absolute atomic E-state index is 12.5. The molecule has 0 radical (unpaired) electrons. The molecule has 136 valence electrons. The van der Waals surface area contributed by atoms with Crippen LogP contribution < -0.4 is 9.47 Å². The predicted molar refractivity (Wildman–Crippen MR) is 86.9 cm³/mol. The van der Waals surface area contributed by atoms with E-state index >= 15 is 0 Å². The molecule has 2 aromatic carbocycles. The highest BCUT2D eigenvalue weighted by Gasteiger charge is 2.42. The summed E-state index contributed by atoms with van der Waals surface area (Å²) in [4.78, 5) is 12.5. The van der Waals surface area contributed by atoms with E-state index in [9.17, 15) is 30.3 Å². The van der Waals surface area contributed by atoms with Crippen LogP contribution in [0.25, 0.3) is 0 Å². The molecule has 2 aliphatic rings. The molecule has 8 heteroatoms. The molecule has 0 aromatic heterocycles. The number of phenols is 3. The van der Waals surface area contributed by atoms with Crippen LogP contribution in [0.5, 0.6) is 28.7 Å². The molecule has 4 rings (SSSR count). The molecule has 0 aliphatic carbocycles. The zero-order chi connectivity index (χ0) is 18.6. The largest absolute Gasteiger partial charge is 0.508 e. The predicted octanol–water partition coefficient (Wildman–Crippen LogP) is 0.949. The van der Waals surface area contributed by atoms with E-state index in [-0.39, 0.29) is 41.8 Å². The molecule has 0 spiro atoms. The van der Waals surface area contributed by atoms with Gasteiger partial charge in [-0.1, -0.05) is 6.07 Å². The van der Waals surface area contributed by atoms with Gasteiger partial charge in [-0.15, -0.1) is 0 Å². The van der Waals surface area contributed by atoms with Gasteiger partial charge in [0.25, 0.3) is 0 Å². The lowest BCUT2D eigenvalue weighted by molar-refractivity contribution is 0.0206. The number of aliphatic hydroxyl groups is 2. The number of carbonyl (C=O) groups excluding carboxylic acids is 1. The van der Waals surface area contributed by atoms with E-state index < -0.39 is 29.7 Å². The third-order valence-corrected chi connectivity index (χ3v) is 4.69. The van der Waals surface area contributed by atoms with Crippen LogP contribution in [0.15, 0.2) is 24.3 Å². The van der Waals surface area contributed by atoms with Crippen molar-refractivity contribution in [1.29, 1.82) is 0 Å². The van der Waals surface area contributed by atoms with E-state index in [1.807, 2.05) is 0 Å². The molecule has 2 aromatic rings. The maximum Gasteiger partial charge on any atom is 0.202 e. The number of benzene rings is 2. The van der Waals surface area contributed by atoms with E-state index in [1.165, 1.54) is 18.2 Å². The molecule has 0 fully saturated rings. The van der Waals surface area contributed by atoms with Crippen LogP contribution in [-0.4, -0.2) is 50.6 Å². The Morgan fingerprint density at radius 3 is 2.62 bits per heavy atom. The molecule has 8 nitrogen and oxygen atoms in total. The van der Waals surface area contributed by atoms with Crippen molar-refractivity contribution in [3.63, 3.8) is 0 Å². The number of fused-ring (bicyclic) bond motifs is 2. The first-order valence-corrected chi connectivity index (χ1v) is 7.96. The number of ketones is 1. The zero-order valence-electron chi connectivity index (χ0n) is 13.4. The first kappa shape index (κ1) is 16.5. The number of carbonyl (C=O) groups is 1. The van der Waals surface area contributed by atoms with Gasteiger partial charge in [-0.05, 0) is 6.07 Å². The summed E-state index contributed by atoms with van der Waals surface area (Å²) in [5.74, 6) is -2.00. The Kier molecular flexibility index (Phi) is 3.67. The molecule has 3 unspecified atom stereocenters. The Balaban J connectivity index is 1.85. The molecular formula is C18H16O8. The summed E-state index contributed by atoms with van der Waals surface area (Å²) in [5.41, 5.74) is 0.623. The lowest BCUT2D eigenvalue weighted by Gasteiger charge is -2.31. The topological polar surface area (TPSA) is 137 Å². The average Bonchev–Trinajstić information content (AvgIpc) is 3.03. The molecular weight excluding hydrogens is 344 g/mol. The van der Waals surface area contributed by atoms with Gasteiger partial charge < -0.3 is 35.0 Å². The van der Waals surface area contributed by atoms with Crippen LogP contribution >= 0.6 is 0 Å². The van der Waals surface area contributed by atoms with Crippen molar-refractivity contribution in [2.75, 3.05) is 13.2 Å². The Morgan fingerprint density at radius 1 is 1.12 bits per heavy atom. The quantitative estimate of drug-likeness (QED) is 0.534. The van der Waals surface area contributed by atoms with Crippen LogP contribution in [0.4, 0.5) is 0 Å². The number of aromatic hydroxyl groups is 3. The highest BCUT2D eigenvalue weighted by atomic mass is 16.5. The zero-order valence-corrected chi connectivity index (χ0v) is 13.4. The van der Waals surface area contributed by atoms with Crippen LogP contribution in [0.1, 0.15) is 33.5 Å². The number of aliphatic hydroxyl groups excluding tert-OH is 2. The molecule has 2 aliphatic heterocycles. The summed E-state index contributed by atoms with van der Waals surface area (Å²) in [7, 11) is 0. The van der Waals surface area contributed by atoms with E-state index in [2.05, 4.69) is 0 Å². The lowest BCUT2D eigenvalue weighted by Crippen LogP contribution is -2.36. The fourth-order valence-electron chi connectivity index (χ4n) is 3.48. The Bertz CT molecular complexity index is 907. The third kappa shape index (κ3) is 2.27. The van der Waals surface area contributed by atoms with Gasteiger partial charge in [0.15, 0.2) is 23.7 Å². The second-order valence-electron chi connectivity index (χ2n) is 6.29. The Hall–Kier alpha value is -2.97. The minimum atomic E-state index is -1.62. The van der Waals surface area contributed by atoms with Gasteiger partial charge in [-0.25, -0.2) is 0 Å². The van der Waals surface area contributed by atoms with E-state index in [0.717, 1.165) is 6.07 Å². The summed E-state index contributed by atoms with van der Waals surface area (Å²) in [6, 6.07) is 5.00. The van der Waals surface area contributed by atoms with Crippen molar-refractivity contribution in [3.8, 4) is 28.7 Å². The van der Waals surface area contributed by atoms with Gasteiger partial charge in [0.2, 0.25) is 5.78 Å². The fourth-order valence-corrected chi connectivity index (χ4v) is 3.48. The summed E-state index contributed by atoms with van der Waals surface area (Å²) >= 11 is 0. The molecule has 5 N–H and O–H groups in total. The molecule has 3 atom stereocenters. The Morgan fingerprint density at radius 2 is 1.88 bits per heavy atom. The van der Waals surface area contributed by atoms with Crippen LogP contribution in [0.3, 0.4) is 0 Å². The van der Waals surface area contributed by atoms with Crippen LogP contribution in [-0.2, 0) is 0 Å². The number of phenolic OH excluding ortho intramolecular Hbond substituents is 3. The van der Waals surface area contributed by atoms with E-state index in [1.54, 1.807) is 0 Å². The number of rotatable bonds is 2. The monoisotopic (exact) mass is 360 g/mol. The number of hydrogen-bond donors (Lipinski definition) is 5. The molecule has 0 amide bonds. The third-order valence-electron chi connectivity index (χ3n) is 4.69. The second-order valence-corrected chi connectivity index (χ2v) is 6.29. The summed E-state index contributed by atoms with van der Waals surface area (Å²) in [6.45, 7) is -0.107. The van der Waals surface area contributed by atoms with Crippen molar-refractivity contribution in [1.82, 2.24) is 0 Å². The SMILES string of the molecule is O=C1c2c(O)cc(O)cc2OC(c2ccc(O)c3c2C(CO)CO3)C1O. The fraction of sp³-hybridized carbons (Fsp3) is 0.278. The number of ether oxygens (including phenoxy) is 2. The highest BCUT2D eigenvalue weighted by Crippen LogP contribution is 2.48. The van der Waals surface area contributed by atoms with Gasteiger partial charge in [0, 0.05) is 29.2 Å².